The van der Waals surface area contributed by atoms with Crippen molar-refractivity contribution in [1.82, 2.24) is 0 Å². The Morgan fingerprint density at radius 1 is 1.11 bits per heavy atom. The van der Waals surface area contributed by atoms with Crippen LogP contribution in [-0.4, -0.2) is 32.8 Å². The summed E-state index contributed by atoms with van der Waals surface area (Å²) in [6.07, 6.45) is 10.6. The molecule has 0 aromatic heterocycles. The monoisotopic (exact) mass is 408 g/mol. The van der Waals surface area contributed by atoms with Crippen molar-refractivity contribution >= 4 is 21.7 Å². The fourth-order valence-electron chi connectivity index (χ4n) is 7.35. The number of fused-ring (bicyclic) bond motifs is 5. The third kappa shape index (κ3) is 3.20. The van der Waals surface area contributed by atoms with Crippen LogP contribution in [0, 0.1) is 34.5 Å². The van der Waals surface area contributed by atoms with E-state index in [1.54, 1.807) is 0 Å². The van der Waals surface area contributed by atoms with Gasteiger partial charge in [-0.3, -0.25) is 13.8 Å². The number of allylic oxidation sites excluding steroid dienone is 1. The van der Waals surface area contributed by atoms with Crippen LogP contribution in [0.2, 0.25) is 0 Å². The molecule has 3 saturated carbocycles. The van der Waals surface area contributed by atoms with E-state index < -0.39 is 10.1 Å². The number of hydrogen-bond acceptors (Lipinski definition) is 5. The Morgan fingerprint density at radius 2 is 1.86 bits per heavy atom. The summed E-state index contributed by atoms with van der Waals surface area (Å²) in [5, 5.41) is 0. The van der Waals surface area contributed by atoms with Crippen LogP contribution in [0.25, 0.3) is 0 Å². The van der Waals surface area contributed by atoms with Crippen molar-refractivity contribution in [2.75, 3.05) is 12.9 Å². The van der Waals surface area contributed by atoms with Gasteiger partial charge in [-0.05, 0) is 79.6 Å². The summed E-state index contributed by atoms with van der Waals surface area (Å²) in [6.45, 7) is 4.29. The maximum Gasteiger partial charge on any atom is 0.264 e. The molecule has 6 heteroatoms. The minimum absolute atomic E-state index is 0.0544. The largest absolute Gasteiger partial charge is 0.297 e. The summed E-state index contributed by atoms with van der Waals surface area (Å²) < 4.78 is 27.4. The van der Waals surface area contributed by atoms with Crippen LogP contribution in [0.3, 0.4) is 0 Å². The van der Waals surface area contributed by atoms with Crippen molar-refractivity contribution in [3.8, 4) is 0 Å². The van der Waals surface area contributed by atoms with Crippen LogP contribution in [-0.2, 0) is 23.9 Å². The van der Waals surface area contributed by atoms with Gasteiger partial charge in [-0.1, -0.05) is 19.4 Å². The quantitative estimate of drug-likeness (QED) is 0.663. The van der Waals surface area contributed by atoms with E-state index in [2.05, 4.69) is 13.8 Å². The molecule has 4 aliphatic carbocycles. The molecular weight excluding hydrogens is 376 g/mol. The van der Waals surface area contributed by atoms with Crippen molar-refractivity contribution in [1.29, 1.82) is 0 Å². The minimum Gasteiger partial charge on any atom is -0.297 e. The van der Waals surface area contributed by atoms with E-state index in [0.717, 1.165) is 51.2 Å². The highest BCUT2D eigenvalue weighted by molar-refractivity contribution is 7.86. The molecule has 0 aromatic carbocycles. The normalized spacial score (nSPS) is 43.0. The van der Waals surface area contributed by atoms with E-state index >= 15 is 0 Å². The molecule has 28 heavy (non-hydrogen) atoms. The zero-order valence-corrected chi connectivity index (χ0v) is 18.0. The van der Waals surface area contributed by atoms with Gasteiger partial charge in [0.1, 0.15) is 6.61 Å². The lowest BCUT2D eigenvalue weighted by Gasteiger charge is -2.58. The van der Waals surface area contributed by atoms with Gasteiger partial charge in [0.15, 0.2) is 11.6 Å². The zero-order valence-electron chi connectivity index (χ0n) is 17.2. The second-order valence-corrected chi connectivity index (χ2v) is 11.7. The number of hydrogen-bond donors (Lipinski definition) is 0. The third-order valence-corrected chi connectivity index (χ3v) is 9.31. The Bertz CT molecular complexity index is 828. The molecule has 0 heterocycles. The Kier molecular flexibility index (Phi) is 4.90. The molecule has 6 atom stereocenters. The predicted octanol–water partition coefficient (Wildman–Crippen LogP) is 3.68. The van der Waals surface area contributed by atoms with Gasteiger partial charge in [-0.15, -0.1) is 0 Å². The molecule has 0 N–H and O–H groups in total. The molecule has 0 unspecified atom stereocenters. The Morgan fingerprint density at radius 3 is 2.57 bits per heavy atom. The van der Waals surface area contributed by atoms with E-state index in [-0.39, 0.29) is 34.9 Å². The predicted molar refractivity (Wildman–Crippen MR) is 106 cm³/mol. The summed E-state index contributed by atoms with van der Waals surface area (Å²) in [4.78, 5) is 24.7. The number of ketones is 2. The van der Waals surface area contributed by atoms with E-state index in [1.165, 1.54) is 5.57 Å². The number of Topliss-reactive ketones (excluding diaryl/α,β-unsaturated/α-hetero) is 1. The van der Waals surface area contributed by atoms with Gasteiger partial charge in [0.05, 0.1) is 6.26 Å². The van der Waals surface area contributed by atoms with Crippen LogP contribution in [0.4, 0.5) is 0 Å². The number of rotatable bonds is 4. The lowest BCUT2D eigenvalue weighted by atomic mass is 9.46. The first-order valence-corrected chi connectivity index (χ1v) is 12.5. The molecule has 3 fully saturated rings. The summed E-state index contributed by atoms with van der Waals surface area (Å²) in [7, 11) is -3.60. The number of carbonyl (C=O) groups is 2. The van der Waals surface area contributed by atoms with Gasteiger partial charge in [0, 0.05) is 12.3 Å². The fourth-order valence-corrected chi connectivity index (χ4v) is 7.68. The summed E-state index contributed by atoms with van der Waals surface area (Å²) in [6, 6.07) is 0. The molecule has 0 bridgehead atoms. The first kappa shape index (κ1) is 20.3. The minimum atomic E-state index is -3.60. The average Bonchev–Trinajstić information content (AvgIpc) is 2.97. The van der Waals surface area contributed by atoms with Gasteiger partial charge in [0.2, 0.25) is 0 Å². The van der Waals surface area contributed by atoms with Gasteiger partial charge < -0.3 is 0 Å². The van der Waals surface area contributed by atoms with Crippen LogP contribution >= 0.6 is 0 Å². The molecule has 0 aromatic rings. The lowest BCUT2D eigenvalue weighted by molar-refractivity contribution is -0.132. The maximum atomic E-state index is 12.8. The smallest absolute Gasteiger partial charge is 0.264 e. The molecular formula is C22H32O5S. The van der Waals surface area contributed by atoms with Gasteiger partial charge in [-0.2, -0.15) is 8.42 Å². The molecule has 0 saturated heterocycles. The first-order chi connectivity index (χ1) is 13.0. The molecule has 4 rings (SSSR count). The highest BCUT2D eigenvalue weighted by Crippen LogP contribution is 2.66. The standard InChI is InChI=1S/C22H32O5S/c1-21-10-8-15(23)12-14(21)4-5-16-17-6-7-19(20(24)13-27-28(3,25)26)22(17,2)11-9-18(16)21/h12,16-19H,4-11,13H2,1-3H3/t16-,17-,18-,19+,21-,22-/m0/s1. The van der Waals surface area contributed by atoms with Crippen LogP contribution in [0.15, 0.2) is 11.6 Å². The Balaban J connectivity index is 1.55. The highest BCUT2D eigenvalue weighted by atomic mass is 32.2. The molecule has 0 aliphatic heterocycles. The summed E-state index contributed by atoms with van der Waals surface area (Å²) in [5.74, 6) is 1.83. The molecule has 0 spiro atoms. The van der Waals surface area contributed by atoms with E-state index in [0.29, 0.717) is 24.2 Å². The Hall–Kier alpha value is -1.01. The highest BCUT2D eigenvalue weighted by Gasteiger charge is 2.60. The van der Waals surface area contributed by atoms with Crippen molar-refractivity contribution < 1.29 is 22.2 Å². The molecule has 0 radical (unpaired) electrons. The number of carbonyl (C=O) groups excluding carboxylic acids is 2. The van der Waals surface area contributed by atoms with Gasteiger partial charge in [-0.25, -0.2) is 0 Å². The van der Waals surface area contributed by atoms with Gasteiger partial charge >= 0.3 is 0 Å². The molecule has 5 nitrogen and oxygen atoms in total. The van der Waals surface area contributed by atoms with E-state index in [9.17, 15) is 18.0 Å². The second-order valence-electron chi connectivity index (χ2n) is 10.1. The summed E-state index contributed by atoms with van der Waals surface area (Å²) >= 11 is 0. The second kappa shape index (κ2) is 6.76. The fraction of sp³-hybridized carbons (Fsp3) is 0.818. The molecule has 4 aliphatic rings. The summed E-state index contributed by atoms with van der Waals surface area (Å²) in [5.41, 5.74) is 1.45. The van der Waals surface area contributed by atoms with E-state index in [4.69, 9.17) is 4.18 Å². The molecule has 0 amide bonds. The van der Waals surface area contributed by atoms with Crippen molar-refractivity contribution in [3.63, 3.8) is 0 Å². The molecule has 156 valence electrons. The topological polar surface area (TPSA) is 77.5 Å². The van der Waals surface area contributed by atoms with E-state index in [1.807, 2.05) is 6.08 Å². The first-order valence-electron chi connectivity index (χ1n) is 10.7. The van der Waals surface area contributed by atoms with Crippen LogP contribution in [0.5, 0.6) is 0 Å². The maximum absolute atomic E-state index is 12.8. The zero-order chi connectivity index (χ0) is 20.3. The van der Waals surface area contributed by atoms with Crippen LogP contribution < -0.4 is 0 Å². The Labute approximate surface area is 168 Å². The van der Waals surface area contributed by atoms with Crippen molar-refractivity contribution in [2.45, 2.75) is 65.2 Å². The average molecular weight is 409 g/mol. The van der Waals surface area contributed by atoms with Crippen molar-refractivity contribution in [2.24, 2.45) is 34.5 Å². The van der Waals surface area contributed by atoms with Crippen molar-refractivity contribution in [3.05, 3.63) is 11.6 Å². The van der Waals surface area contributed by atoms with Crippen LogP contribution in [0.1, 0.15) is 65.2 Å². The van der Waals surface area contributed by atoms with Gasteiger partial charge in [0.25, 0.3) is 10.1 Å². The lowest BCUT2D eigenvalue weighted by Crippen LogP contribution is -2.51. The third-order valence-electron chi connectivity index (χ3n) is 8.77. The SMILES string of the molecule is C[C@]12CC[C@H]3[C@@H](CCC4=CC(=O)CC[C@@]43C)[C@@H]1CC[C@@H]2C(=O)COS(C)(=O)=O.